The van der Waals surface area contributed by atoms with Gasteiger partial charge >= 0.3 is 0 Å². The second kappa shape index (κ2) is 11.0. The van der Waals surface area contributed by atoms with Crippen molar-refractivity contribution in [3.05, 3.63) is 95.1 Å². The van der Waals surface area contributed by atoms with Gasteiger partial charge in [0, 0.05) is 30.8 Å². The first-order valence-electron chi connectivity index (χ1n) is 13.1. The van der Waals surface area contributed by atoms with E-state index in [0.717, 1.165) is 35.4 Å². The van der Waals surface area contributed by atoms with Gasteiger partial charge in [0.1, 0.15) is 12.0 Å². The molecule has 1 unspecified atom stereocenters. The molecule has 0 aliphatic carbocycles. The molecule has 1 saturated heterocycles. The lowest BCUT2D eigenvalue weighted by Gasteiger charge is -2.46. The number of aliphatic hydroxyl groups excluding tert-OH is 1. The molecule has 37 heavy (non-hydrogen) atoms. The summed E-state index contributed by atoms with van der Waals surface area (Å²) in [5.41, 5.74) is 4.87. The van der Waals surface area contributed by atoms with Crippen molar-refractivity contribution >= 4 is 11.6 Å². The molecular weight excluding hydrogens is 460 g/mol. The van der Waals surface area contributed by atoms with Gasteiger partial charge < -0.3 is 19.6 Å². The van der Waals surface area contributed by atoms with Crippen LogP contribution in [0.4, 0.5) is 5.69 Å². The molecular formula is C32H40N2O3. The van der Waals surface area contributed by atoms with Gasteiger partial charge in [0.25, 0.3) is 5.91 Å². The Labute approximate surface area is 221 Å². The van der Waals surface area contributed by atoms with Crippen LogP contribution in [0.25, 0.3) is 0 Å². The third-order valence-electron chi connectivity index (χ3n) is 7.67. The highest BCUT2D eigenvalue weighted by Crippen LogP contribution is 2.41. The van der Waals surface area contributed by atoms with Gasteiger partial charge in [0.15, 0.2) is 0 Å². The third kappa shape index (κ3) is 5.67. The highest BCUT2D eigenvalue weighted by atomic mass is 16.5. The molecule has 0 bridgehead atoms. The van der Waals surface area contributed by atoms with Crippen LogP contribution in [0.2, 0.25) is 0 Å². The van der Waals surface area contributed by atoms with Crippen molar-refractivity contribution in [2.24, 2.45) is 5.92 Å². The molecule has 1 amide bonds. The number of carbonyl (C=O) groups excluding carboxylic acids is 1. The lowest BCUT2D eigenvalue weighted by Crippen LogP contribution is -2.50. The minimum atomic E-state index is -0.769. The van der Waals surface area contributed by atoms with Crippen LogP contribution in [0.3, 0.4) is 0 Å². The van der Waals surface area contributed by atoms with E-state index in [2.05, 4.69) is 39.0 Å². The predicted molar refractivity (Wildman–Crippen MR) is 150 cm³/mol. The van der Waals surface area contributed by atoms with Gasteiger partial charge in [-0.3, -0.25) is 4.79 Å². The van der Waals surface area contributed by atoms with Gasteiger partial charge in [0.05, 0.1) is 13.2 Å². The summed E-state index contributed by atoms with van der Waals surface area (Å²) >= 11 is 0. The van der Waals surface area contributed by atoms with Crippen molar-refractivity contribution < 1.29 is 14.6 Å². The average Bonchev–Trinajstić information content (AvgIpc) is 2.91. The Hall–Kier alpha value is -3.31. The van der Waals surface area contributed by atoms with Crippen molar-refractivity contribution in [2.75, 3.05) is 25.6 Å². The molecule has 4 rings (SSSR count). The summed E-state index contributed by atoms with van der Waals surface area (Å²) in [6.45, 7) is 9.20. The fourth-order valence-electron chi connectivity index (χ4n) is 5.39. The molecule has 1 heterocycles. The van der Waals surface area contributed by atoms with E-state index in [1.807, 2.05) is 78.4 Å². The molecule has 0 spiro atoms. The molecule has 3 aromatic carbocycles. The lowest BCUT2D eigenvalue weighted by molar-refractivity contribution is 0.00687. The maximum atomic E-state index is 13.9. The molecule has 196 valence electrons. The van der Waals surface area contributed by atoms with Gasteiger partial charge in [-0.25, -0.2) is 0 Å². The van der Waals surface area contributed by atoms with E-state index < -0.39 is 6.23 Å². The molecule has 5 nitrogen and oxygen atoms in total. The Morgan fingerprint density at radius 1 is 1.05 bits per heavy atom. The fraction of sp³-hybridized carbons (Fsp3) is 0.406. The van der Waals surface area contributed by atoms with Gasteiger partial charge in [-0.15, -0.1) is 0 Å². The predicted octanol–water partition coefficient (Wildman–Crippen LogP) is 6.35. The summed E-state index contributed by atoms with van der Waals surface area (Å²) in [7, 11) is 3.59. The summed E-state index contributed by atoms with van der Waals surface area (Å²) in [5, 5.41) is 11.8. The normalized spacial score (nSPS) is 18.8. The van der Waals surface area contributed by atoms with Crippen molar-refractivity contribution in [2.45, 2.75) is 58.2 Å². The number of carbonyl (C=O) groups is 1. The van der Waals surface area contributed by atoms with E-state index >= 15 is 0 Å². The van der Waals surface area contributed by atoms with Crippen LogP contribution in [0, 0.1) is 12.8 Å². The maximum absolute atomic E-state index is 13.9. The first-order valence-corrected chi connectivity index (χ1v) is 13.1. The summed E-state index contributed by atoms with van der Waals surface area (Å²) < 4.78 is 5.39. The monoisotopic (exact) mass is 500 g/mol. The molecule has 3 aromatic rings. The molecule has 5 heteroatoms. The zero-order chi connectivity index (χ0) is 26.7. The number of likely N-dealkylation sites (tertiary alicyclic amines) is 1. The molecule has 1 aliphatic heterocycles. The number of amides is 1. The van der Waals surface area contributed by atoms with Crippen molar-refractivity contribution in [1.82, 2.24) is 4.90 Å². The summed E-state index contributed by atoms with van der Waals surface area (Å²) in [6, 6.07) is 23.8. The van der Waals surface area contributed by atoms with Crippen LogP contribution < -0.4 is 9.64 Å². The zero-order valence-electron chi connectivity index (χ0n) is 22.9. The minimum absolute atomic E-state index is 0.00759. The molecule has 1 N–H and O–H groups in total. The highest BCUT2D eigenvalue weighted by molar-refractivity contribution is 5.96. The Morgan fingerprint density at radius 2 is 1.76 bits per heavy atom. The molecule has 1 fully saturated rings. The van der Waals surface area contributed by atoms with E-state index in [0.29, 0.717) is 12.1 Å². The number of ether oxygens (including phenoxy) is 1. The largest absolute Gasteiger partial charge is 0.497 e. The van der Waals surface area contributed by atoms with Crippen molar-refractivity contribution in [3.63, 3.8) is 0 Å². The Bertz CT molecular complexity index is 1220. The van der Waals surface area contributed by atoms with Gasteiger partial charge in [0.2, 0.25) is 0 Å². The number of hydrogen-bond donors (Lipinski definition) is 1. The molecule has 0 radical (unpaired) electrons. The molecule has 0 saturated carbocycles. The number of nitrogens with zero attached hydrogens (tertiary/aromatic N) is 2. The van der Waals surface area contributed by atoms with Crippen LogP contribution in [-0.4, -0.2) is 42.8 Å². The molecule has 1 aliphatic rings. The standard InChI is InChI=1S/C32H40N2O3/c1-22-11-7-8-14-27(22)31(36)34-20-10-15-28(29(34)23-16-18-26(37-6)19-17-23)30(35)33(5)25-13-9-12-24(21-25)32(2,3)4/h7-9,11-14,16-19,21,28-30,35H,10,15,20H2,1-6H3/t28-,29-,30?/m0/s1. The average molecular weight is 501 g/mol. The smallest absolute Gasteiger partial charge is 0.254 e. The van der Waals surface area contributed by atoms with Crippen LogP contribution >= 0.6 is 0 Å². The van der Waals surface area contributed by atoms with Gasteiger partial charge in [-0.2, -0.15) is 0 Å². The summed E-state index contributed by atoms with van der Waals surface area (Å²) in [4.78, 5) is 17.8. The topological polar surface area (TPSA) is 53.0 Å². The lowest BCUT2D eigenvalue weighted by atomic mass is 9.82. The Kier molecular flexibility index (Phi) is 7.93. The van der Waals surface area contributed by atoms with Crippen LogP contribution in [0.1, 0.15) is 66.7 Å². The number of rotatable bonds is 6. The number of aryl methyl sites for hydroxylation is 1. The minimum Gasteiger partial charge on any atom is -0.497 e. The van der Waals surface area contributed by atoms with Crippen LogP contribution in [-0.2, 0) is 5.41 Å². The Balaban J connectivity index is 1.72. The number of hydrogen-bond acceptors (Lipinski definition) is 4. The SMILES string of the molecule is COc1ccc([C@H]2[C@@H](C(O)N(C)c3cccc(C(C)(C)C)c3)CCCN2C(=O)c2ccccc2C)cc1. The second-order valence-corrected chi connectivity index (χ2v) is 11.2. The number of anilines is 1. The Morgan fingerprint density at radius 3 is 2.41 bits per heavy atom. The number of benzene rings is 3. The van der Waals surface area contributed by atoms with Crippen molar-refractivity contribution in [1.29, 1.82) is 0 Å². The van der Waals surface area contributed by atoms with Crippen molar-refractivity contribution in [3.8, 4) is 5.75 Å². The van der Waals surface area contributed by atoms with E-state index in [1.54, 1.807) is 7.11 Å². The summed E-state index contributed by atoms with van der Waals surface area (Å²) in [6.07, 6.45) is 0.885. The van der Waals surface area contributed by atoms with E-state index in [-0.39, 0.29) is 23.3 Å². The highest BCUT2D eigenvalue weighted by Gasteiger charge is 2.41. The maximum Gasteiger partial charge on any atom is 0.254 e. The van der Waals surface area contributed by atoms with Crippen LogP contribution in [0.5, 0.6) is 5.75 Å². The molecule has 3 atom stereocenters. The van der Waals surface area contributed by atoms with E-state index in [9.17, 15) is 9.90 Å². The van der Waals surface area contributed by atoms with Gasteiger partial charge in [-0.05, 0) is 72.2 Å². The van der Waals surface area contributed by atoms with E-state index in [4.69, 9.17) is 4.74 Å². The fourth-order valence-corrected chi connectivity index (χ4v) is 5.39. The quantitative estimate of drug-likeness (QED) is 0.401. The first kappa shape index (κ1) is 26.7. The first-order chi connectivity index (χ1) is 17.6. The zero-order valence-corrected chi connectivity index (χ0v) is 22.9. The second-order valence-electron chi connectivity index (χ2n) is 11.2. The summed E-state index contributed by atoms with van der Waals surface area (Å²) in [5.74, 6) is 0.608. The number of aliphatic hydroxyl groups is 1. The molecule has 0 aromatic heterocycles. The van der Waals surface area contributed by atoms with E-state index in [1.165, 1.54) is 5.56 Å². The third-order valence-corrected chi connectivity index (χ3v) is 7.67. The number of piperidine rings is 1. The van der Waals surface area contributed by atoms with Gasteiger partial charge in [-0.1, -0.05) is 63.2 Å². The van der Waals surface area contributed by atoms with Crippen LogP contribution in [0.15, 0.2) is 72.8 Å². The number of methoxy groups -OCH3 is 1.